The molecule has 0 radical (unpaired) electrons. The average molecular weight is 254 g/mol. The minimum atomic E-state index is -0.454. The molecule has 1 heterocycles. The molecule has 0 saturated carbocycles. The maximum atomic E-state index is 11.2. The summed E-state index contributed by atoms with van der Waals surface area (Å²) in [5, 5.41) is 11.2. The van der Waals surface area contributed by atoms with Gasteiger partial charge in [-0.25, -0.2) is 0 Å². The Morgan fingerprint density at radius 1 is 0.889 bits per heavy atom. The molecule has 0 aromatic carbocycles. The Kier molecular flexibility index (Phi) is 3.89. The van der Waals surface area contributed by atoms with Crippen molar-refractivity contribution < 1.29 is 4.92 Å². The normalized spacial score (nSPS) is 10.1. The summed E-state index contributed by atoms with van der Waals surface area (Å²) in [5.74, 6) is 1.03. The fourth-order valence-electron chi connectivity index (χ4n) is 1.41. The van der Waals surface area contributed by atoms with E-state index in [2.05, 4.69) is 9.97 Å². The van der Waals surface area contributed by atoms with Gasteiger partial charge in [0.05, 0.1) is 4.92 Å². The maximum absolute atomic E-state index is 11.2. The molecule has 0 fully saturated rings. The summed E-state index contributed by atoms with van der Waals surface area (Å²) < 4.78 is 0. The summed E-state index contributed by atoms with van der Waals surface area (Å²) in [7, 11) is 10.4. The third kappa shape index (κ3) is 2.58. The highest BCUT2D eigenvalue weighted by Crippen LogP contribution is 2.34. The lowest BCUT2D eigenvalue weighted by Crippen LogP contribution is -2.22. The maximum Gasteiger partial charge on any atom is 0.353 e. The van der Waals surface area contributed by atoms with Gasteiger partial charge in [-0.2, -0.15) is 9.97 Å². The van der Waals surface area contributed by atoms with Crippen LogP contribution < -0.4 is 14.7 Å². The third-order valence-electron chi connectivity index (χ3n) is 2.27. The van der Waals surface area contributed by atoms with E-state index in [4.69, 9.17) is 0 Å². The molecule has 0 atom stereocenters. The van der Waals surface area contributed by atoms with Crippen molar-refractivity contribution in [2.75, 3.05) is 57.0 Å². The first-order valence-corrected chi connectivity index (χ1v) is 5.34. The van der Waals surface area contributed by atoms with E-state index in [0.717, 1.165) is 0 Å². The summed E-state index contributed by atoms with van der Waals surface area (Å²) in [6, 6.07) is 0. The van der Waals surface area contributed by atoms with Gasteiger partial charge in [0.25, 0.3) is 0 Å². The molecule has 8 nitrogen and oxygen atoms in total. The van der Waals surface area contributed by atoms with E-state index in [0.29, 0.717) is 17.6 Å². The highest BCUT2D eigenvalue weighted by molar-refractivity contribution is 5.72. The lowest BCUT2D eigenvalue weighted by atomic mass is 10.4. The van der Waals surface area contributed by atoms with Crippen molar-refractivity contribution in [2.24, 2.45) is 0 Å². The van der Waals surface area contributed by atoms with E-state index in [1.807, 2.05) is 0 Å². The fraction of sp³-hybridized carbons (Fsp3) is 0.600. The predicted molar refractivity (Wildman–Crippen MR) is 71.7 cm³/mol. The lowest BCUT2D eigenvalue weighted by Gasteiger charge is -2.20. The van der Waals surface area contributed by atoms with Crippen LogP contribution in [-0.4, -0.2) is 57.2 Å². The zero-order valence-corrected chi connectivity index (χ0v) is 11.5. The Hall–Kier alpha value is -2.12. The Morgan fingerprint density at radius 2 is 1.28 bits per heavy atom. The van der Waals surface area contributed by atoms with Crippen molar-refractivity contribution in [3.05, 3.63) is 10.1 Å². The molecular weight excluding hydrogens is 236 g/mol. The van der Waals surface area contributed by atoms with Gasteiger partial charge in [0, 0.05) is 42.3 Å². The number of anilines is 3. The van der Waals surface area contributed by atoms with Gasteiger partial charge in [-0.3, -0.25) is 10.1 Å². The lowest BCUT2D eigenvalue weighted by molar-refractivity contribution is -0.383. The SMILES string of the molecule is CN(C)c1nc(N(C)C)c([N+](=O)[O-])c(N(C)C)n1. The molecule has 0 saturated heterocycles. The van der Waals surface area contributed by atoms with Crippen molar-refractivity contribution in [3.63, 3.8) is 0 Å². The van der Waals surface area contributed by atoms with E-state index >= 15 is 0 Å². The van der Waals surface area contributed by atoms with Crippen LogP contribution >= 0.6 is 0 Å². The van der Waals surface area contributed by atoms with E-state index in [1.165, 1.54) is 0 Å². The minimum Gasteiger partial charge on any atom is -0.357 e. The van der Waals surface area contributed by atoms with Crippen molar-refractivity contribution in [1.29, 1.82) is 0 Å². The van der Waals surface area contributed by atoms with Gasteiger partial charge in [-0.05, 0) is 0 Å². The molecule has 0 spiro atoms. The van der Waals surface area contributed by atoms with Crippen LogP contribution in [0.5, 0.6) is 0 Å². The summed E-state index contributed by atoms with van der Waals surface area (Å²) in [6.07, 6.45) is 0. The van der Waals surface area contributed by atoms with Crippen molar-refractivity contribution in [3.8, 4) is 0 Å². The zero-order valence-electron chi connectivity index (χ0n) is 11.5. The summed E-state index contributed by atoms with van der Waals surface area (Å²) in [6.45, 7) is 0. The Labute approximate surface area is 106 Å². The number of aromatic nitrogens is 2. The standard InChI is InChI=1S/C10H18N6O2/c1-13(2)8-7(16(17)18)9(14(3)4)12-10(11-8)15(5)6/h1-6H3. The monoisotopic (exact) mass is 254 g/mol. The molecule has 0 aliphatic carbocycles. The summed E-state index contributed by atoms with van der Waals surface area (Å²) in [5.41, 5.74) is -0.0874. The zero-order chi connectivity index (χ0) is 14.0. The molecule has 0 amide bonds. The van der Waals surface area contributed by atoms with E-state index in [-0.39, 0.29) is 5.69 Å². The van der Waals surface area contributed by atoms with Crippen molar-refractivity contribution in [1.82, 2.24) is 9.97 Å². The predicted octanol–water partition coefficient (Wildman–Crippen LogP) is 0.583. The second-order valence-corrected chi connectivity index (χ2v) is 4.46. The summed E-state index contributed by atoms with van der Waals surface area (Å²) in [4.78, 5) is 24.1. The van der Waals surface area contributed by atoms with Crippen LogP contribution in [0.4, 0.5) is 23.3 Å². The number of nitro groups is 1. The smallest absolute Gasteiger partial charge is 0.353 e. The second-order valence-electron chi connectivity index (χ2n) is 4.46. The highest BCUT2D eigenvalue weighted by atomic mass is 16.6. The minimum absolute atomic E-state index is 0.0874. The quantitative estimate of drug-likeness (QED) is 0.574. The Morgan fingerprint density at radius 3 is 1.50 bits per heavy atom. The van der Waals surface area contributed by atoms with E-state index in [1.54, 1.807) is 57.0 Å². The topological polar surface area (TPSA) is 78.6 Å². The van der Waals surface area contributed by atoms with Gasteiger partial charge >= 0.3 is 5.69 Å². The molecule has 1 rings (SSSR count). The number of nitrogens with zero attached hydrogens (tertiary/aromatic N) is 6. The Bertz CT molecular complexity index is 429. The van der Waals surface area contributed by atoms with Crippen LogP contribution in [0.3, 0.4) is 0 Å². The van der Waals surface area contributed by atoms with E-state index in [9.17, 15) is 10.1 Å². The largest absolute Gasteiger partial charge is 0.357 e. The molecule has 18 heavy (non-hydrogen) atoms. The number of hydrogen-bond acceptors (Lipinski definition) is 7. The Balaban J connectivity index is 3.60. The molecule has 0 bridgehead atoms. The van der Waals surface area contributed by atoms with Crippen LogP contribution in [0.1, 0.15) is 0 Å². The van der Waals surface area contributed by atoms with Crippen LogP contribution in [0, 0.1) is 10.1 Å². The van der Waals surface area contributed by atoms with Gasteiger partial charge in [0.15, 0.2) is 0 Å². The van der Waals surface area contributed by atoms with E-state index < -0.39 is 4.92 Å². The molecule has 100 valence electrons. The van der Waals surface area contributed by atoms with Gasteiger partial charge in [0.2, 0.25) is 17.6 Å². The average Bonchev–Trinajstić information content (AvgIpc) is 2.26. The van der Waals surface area contributed by atoms with Gasteiger partial charge in [0.1, 0.15) is 0 Å². The van der Waals surface area contributed by atoms with Gasteiger partial charge in [-0.15, -0.1) is 0 Å². The highest BCUT2D eigenvalue weighted by Gasteiger charge is 2.27. The first-order valence-electron chi connectivity index (χ1n) is 5.34. The molecule has 0 aliphatic rings. The first kappa shape index (κ1) is 13.9. The molecule has 1 aromatic heterocycles. The van der Waals surface area contributed by atoms with Gasteiger partial charge in [-0.1, -0.05) is 0 Å². The van der Waals surface area contributed by atoms with Crippen LogP contribution in [0.15, 0.2) is 0 Å². The molecular formula is C10H18N6O2. The number of hydrogen-bond donors (Lipinski definition) is 0. The molecule has 0 aliphatic heterocycles. The van der Waals surface area contributed by atoms with Gasteiger partial charge < -0.3 is 14.7 Å². The van der Waals surface area contributed by atoms with Crippen LogP contribution in [0.2, 0.25) is 0 Å². The molecule has 0 unspecified atom stereocenters. The molecule has 1 aromatic rings. The third-order valence-corrected chi connectivity index (χ3v) is 2.27. The number of rotatable bonds is 4. The van der Waals surface area contributed by atoms with Crippen molar-refractivity contribution >= 4 is 23.3 Å². The molecule has 0 N–H and O–H groups in total. The van der Waals surface area contributed by atoms with Crippen molar-refractivity contribution in [2.45, 2.75) is 0 Å². The molecule has 8 heteroatoms. The fourth-order valence-corrected chi connectivity index (χ4v) is 1.41. The van der Waals surface area contributed by atoms with Crippen LogP contribution in [0.25, 0.3) is 0 Å². The van der Waals surface area contributed by atoms with Crippen LogP contribution in [-0.2, 0) is 0 Å². The first-order chi connectivity index (χ1) is 8.25. The second kappa shape index (κ2) is 5.03. The summed E-state index contributed by atoms with van der Waals surface area (Å²) >= 11 is 0.